The van der Waals surface area contributed by atoms with Crippen LogP contribution in [0.1, 0.15) is 11.1 Å². The molecule has 0 fully saturated rings. The molecule has 1 aliphatic heterocycles. The van der Waals surface area contributed by atoms with Gasteiger partial charge >= 0.3 is 0 Å². The Labute approximate surface area is 319 Å². The second-order valence-corrected chi connectivity index (χ2v) is 13.5. The van der Waals surface area contributed by atoms with Gasteiger partial charge in [-0.1, -0.05) is 127 Å². The first-order valence-corrected chi connectivity index (χ1v) is 18.3. The highest BCUT2D eigenvalue weighted by Gasteiger charge is 2.20. The molecule has 0 saturated heterocycles. The lowest BCUT2D eigenvalue weighted by molar-refractivity contribution is 0.492. The predicted octanol–water partition coefficient (Wildman–Crippen LogP) is 12.7. The average Bonchev–Trinajstić information content (AvgIpc) is 3.28. The first-order valence-electron chi connectivity index (χ1n) is 18.3. The van der Waals surface area contributed by atoms with E-state index in [-0.39, 0.29) is 0 Å². The van der Waals surface area contributed by atoms with Gasteiger partial charge in [-0.15, -0.1) is 0 Å². The van der Waals surface area contributed by atoms with Crippen molar-refractivity contribution in [3.8, 4) is 78.9 Å². The molecule has 0 saturated carbocycles. The van der Waals surface area contributed by atoms with Crippen LogP contribution in [0.15, 0.2) is 182 Å². The van der Waals surface area contributed by atoms with Gasteiger partial charge in [0.05, 0.1) is 17.1 Å². The van der Waals surface area contributed by atoms with Gasteiger partial charge in [0.15, 0.2) is 5.82 Å². The number of hydrogen-bond donors (Lipinski definition) is 0. The lowest BCUT2D eigenvalue weighted by Crippen LogP contribution is -1.98. The first-order chi connectivity index (χ1) is 27.2. The summed E-state index contributed by atoms with van der Waals surface area (Å²) in [5, 5.41) is 2.15. The minimum atomic E-state index is 0.598. The summed E-state index contributed by atoms with van der Waals surface area (Å²) >= 11 is 0. The maximum Gasteiger partial charge on any atom is 0.161 e. The van der Waals surface area contributed by atoms with Crippen molar-refractivity contribution < 1.29 is 4.74 Å². The van der Waals surface area contributed by atoms with E-state index in [0.717, 1.165) is 95.0 Å². The zero-order valence-corrected chi connectivity index (χ0v) is 29.7. The number of nitrogens with zero attached hydrogens (tertiary/aromatic N) is 4. The highest BCUT2D eigenvalue weighted by Crippen LogP contribution is 2.45. The first kappa shape index (κ1) is 32.2. The van der Waals surface area contributed by atoms with Gasteiger partial charge in [-0.25, -0.2) is 9.97 Å². The summed E-state index contributed by atoms with van der Waals surface area (Å²) in [4.78, 5) is 19.3. The van der Waals surface area contributed by atoms with Crippen molar-refractivity contribution in [2.24, 2.45) is 0 Å². The number of aromatic nitrogens is 4. The molecular formula is C50H32N4O. The highest BCUT2D eigenvalue weighted by atomic mass is 16.5. The van der Waals surface area contributed by atoms with Gasteiger partial charge in [-0.05, 0) is 76.2 Å². The van der Waals surface area contributed by atoms with Crippen LogP contribution >= 0.6 is 0 Å². The van der Waals surface area contributed by atoms with Crippen molar-refractivity contribution in [1.29, 1.82) is 0 Å². The number of hydrogen-bond acceptors (Lipinski definition) is 5. The Bertz CT molecular complexity index is 2890. The van der Waals surface area contributed by atoms with Crippen molar-refractivity contribution in [3.63, 3.8) is 0 Å². The van der Waals surface area contributed by atoms with Gasteiger partial charge in [0.25, 0.3) is 0 Å². The zero-order valence-electron chi connectivity index (χ0n) is 29.7. The minimum absolute atomic E-state index is 0.598. The van der Waals surface area contributed by atoms with Crippen LogP contribution in [-0.4, -0.2) is 19.9 Å². The van der Waals surface area contributed by atoms with Crippen molar-refractivity contribution in [3.05, 3.63) is 194 Å². The fraction of sp³-hybridized carbons (Fsp3) is 0. The molecule has 10 rings (SSSR count). The zero-order chi connectivity index (χ0) is 36.6. The van der Waals surface area contributed by atoms with E-state index in [1.165, 1.54) is 0 Å². The van der Waals surface area contributed by atoms with E-state index < -0.39 is 0 Å². The van der Waals surface area contributed by atoms with Gasteiger partial charge < -0.3 is 4.74 Å². The number of benzene rings is 6. The van der Waals surface area contributed by atoms with Crippen LogP contribution < -0.4 is 4.74 Å². The van der Waals surface area contributed by atoms with Crippen LogP contribution in [0.25, 0.3) is 90.3 Å². The maximum atomic E-state index is 7.08. The largest absolute Gasteiger partial charge is 0.455 e. The summed E-state index contributed by atoms with van der Waals surface area (Å²) in [7, 11) is 0. The van der Waals surface area contributed by atoms with E-state index >= 15 is 0 Å². The van der Waals surface area contributed by atoms with E-state index in [4.69, 9.17) is 19.7 Å². The molecule has 0 bridgehead atoms. The average molecular weight is 705 g/mol. The third kappa shape index (κ3) is 6.14. The Balaban J connectivity index is 1.18. The van der Waals surface area contributed by atoms with E-state index in [1.807, 2.05) is 60.9 Å². The minimum Gasteiger partial charge on any atom is -0.455 e. The fourth-order valence-corrected chi connectivity index (χ4v) is 7.31. The molecule has 258 valence electrons. The summed E-state index contributed by atoms with van der Waals surface area (Å²) in [6, 6.07) is 56.3. The molecule has 5 nitrogen and oxygen atoms in total. The van der Waals surface area contributed by atoms with Crippen LogP contribution in [0.2, 0.25) is 0 Å². The molecule has 6 aromatic carbocycles. The summed E-state index contributed by atoms with van der Waals surface area (Å²) in [6.07, 6.45) is 9.83. The Kier molecular flexibility index (Phi) is 8.08. The molecule has 3 aromatic heterocycles. The van der Waals surface area contributed by atoms with Gasteiger partial charge in [0, 0.05) is 57.4 Å². The Hall–Kier alpha value is -7.50. The molecule has 0 atom stereocenters. The van der Waals surface area contributed by atoms with E-state index in [1.54, 1.807) is 6.20 Å². The summed E-state index contributed by atoms with van der Waals surface area (Å²) in [6.45, 7) is 0. The SMILES string of the molecule is C1=C\c2ccc(-c3cc(-c4ccccc4)nc(-c4ccc(-c5cccnc5)nc4)n3)cc2-c2ccc3ccccc3c2Oc2ccccc2-c2ccccc2/1. The van der Waals surface area contributed by atoms with Crippen molar-refractivity contribution in [1.82, 2.24) is 19.9 Å². The molecule has 4 heterocycles. The van der Waals surface area contributed by atoms with Crippen LogP contribution in [0, 0.1) is 0 Å². The maximum absolute atomic E-state index is 7.08. The number of rotatable bonds is 4. The van der Waals surface area contributed by atoms with Crippen molar-refractivity contribution in [2.75, 3.05) is 0 Å². The third-order valence-electron chi connectivity index (χ3n) is 10.1. The van der Waals surface area contributed by atoms with Gasteiger partial charge in [0.1, 0.15) is 11.5 Å². The summed E-state index contributed by atoms with van der Waals surface area (Å²) < 4.78 is 7.08. The molecule has 0 radical (unpaired) electrons. The molecule has 0 spiro atoms. The molecular weight excluding hydrogens is 673 g/mol. The molecule has 9 aromatic rings. The third-order valence-corrected chi connectivity index (χ3v) is 10.1. The standard InChI is InChI=1S/C50H32N4O/c1-2-13-36(14-3-1)46-30-47(54-50(53-46)39-25-27-45(52-32-39)38-15-10-28-51-31-38)37-23-22-35-21-20-33-11-4-6-16-40(33)42-18-8-9-19-48(42)55-49-41-17-7-5-12-34(41)24-26-43(49)44(35)29-37/h1-32H/b21-20-. The second-order valence-electron chi connectivity index (χ2n) is 13.5. The lowest BCUT2D eigenvalue weighted by Gasteiger charge is -2.18. The number of para-hydroxylation sites is 1. The molecule has 0 unspecified atom stereocenters. The smallest absolute Gasteiger partial charge is 0.161 e. The summed E-state index contributed by atoms with van der Waals surface area (Å²) in [5.74, 6) is 2.21. The van der Waals surface area contributed by atoms with Gasteiger partial charge in [0.2, 0.25) is 0 Å². The van der Waals surface area contributed by atoms with Crippen LogP contribution in [0.5, 0.6) is 11.5 Å². The predicted molar refractivity (Wildman–Crippen MR) is 223 cm³/mol. The van der Waals surface area contributed by atoms with Crippen LogP contribution in [-0.2, 0) is 0 Å². The van der Waals surface area contributed by atoms with Crippen molar-refractivity contribution >= 4 is 22.9 Å². The van der Waals surface area contributed by atoms with E-state index in [9.17, 15) is 0 Å². The number of ether oxygens (including phenoxy) is 1. The second kappa shape index (κ2) is 13.8. The van der Waals surface area contributed by atoms with E-state index in [0.29, 0.717) is 5.82 Å². The Morgan fingerprint density at radius 3 is 1.98 bits per heavy atom. The molecule has 55 heavy (non-hydrogen) atoms. The van der Waals surface area contributed by atoms with Crippen molar-refractivity contribution in [2.45, 2.75) is 0 Å². The quantitative estimate of drug-likeness (QED) is 0.182. The monoisotopic (exact) mass is 704 g/mol. The molecule has 0 N–H and O–H groups in total. The normalized spacial score (nSPS) is 12.3. The molecule has 1 aliphatic rings. The number of fused-ring (bicyclic) bond motifs is 8. The Morgan fingerprint density at radius 2 is 1.15 bits per heavy atom. The number of pyridine rings is 2. The molecule has 0 amide bonds. The fourth-order valence-electron chi connectivity index (χ4n) is 7.31. The highest BCUT2D eigenvalue weighted by molar-refractivity contribution is 5.99. The Morgan fingerprint density at radius 1 is 0.418 bits per heavy atom. The van der Waals surface area contributed by atoms with Crippen LogP contribution in [0.4, 0.5) is 0 Å². The van der Waals surface area contributed by atoms with Gasteiger partial charge in [-0.3, -0.25) is 9.97 Å². The molecule has 0 aliphatic carbocycles. The van der Waals surface area contributed by atoms with Gasteiger partial charge in [-0.2, -0.15) is 0 Å². The summed E-state index contributed by atoms with van der Waals surface area (Å²) in [5.41, 5.74) is 12.6. The van der Waals surface area contributed by atoms with Crippen LogP contribution in [0.3, 0.4) is 0 Å². The topological polar surface area (TPSA) is 60.8 Å². The molecule has 5 heteroatoms. The van der Waals surface area contributed by atoms with E-state index in [2.05, 4.69) is 132 Å². The lowest BCUT2D eigenvalue weighted by atomic mass is 9.92.